The number of thiazole rings is 1. The van der Waals surface area contributed by atoms with Crippen molar-refractivity contribution in [2.75, 3.05) is 31.1 Å². The fourth-order valence-corrected chi connectivity index (χ4v) is 6.77. The van der Waals surface area contributed by atoms with Gasteiger partial charge >= 0.3 is 0 Å². The van der Waals surface area contributed by atoms with Gasteiger partial charge in [-0.25, -0.2) is 17.8 Å². The zero-order valence-corrected chi connectivity index (χ0v) is 20.0. The van der Waals surface area contributed by atoms with Gasteiger partial charge in [0.05, 0.1) is 10.7 Å². The SMILES string of the molecule is O=S(=O)(c1ccc(F)cc1Cl)N1CCN(c2nc(Cc3cc(Cl)cc(Cl)c3)cs2)CC1. The minimum atomic E-state index is -3.79. The van der Waals surface area contributed by atoms with Crippen LogP contribution in [0.25, 0.3) is 0 Å². The van der Waals surface area contributed by atoms with Gasteiger partial charge in [0.25, 0.3) is 0 Å². The van der Waals surface area contributed by atoms with Crippen LogP contribution < -0.4 is 4.90 Å². The molecule has 2 aromatic carbocycles. The molecule has 0 radical (unpaired) electrons. The highest BCUT2D eigenvalue weighted by atomic mass is 35.5. The Morgan fingerprint density at radius 2 is 1.68 bits per heavy atom. The zero-order chi connectivity index (χ0) is 22.2. The van der Waals surface area contributed by atoms with Gasteiger partial charge in [-0.15, -0.1) is 11.3 Å². The number of benzene rings is 2. The summed E-state index contributed by atoms with van der Waals surface area (Å²) in [5, 5.41) is 3.85. The van der Waals surface area contributed by atoms with Crippen molar-refractivity contribution in [1.82, 2.24) is 9.29 Å². The van der Waals surface area contributed by atoms with Crippen LogP contribution in [0.15, 0.2) is 46.7 Å². The molecule has 0 unspecified atom stereocenters. The lowest BCUT2D eigenvalue weighted by Crippen LogP contribution is -2.48. The number of rotatable bonds is 5. The molecule has 31 heavy (non-hydrogen) atoms. The van der Waals surface area contributed by atoms with Crippen LogP contribution in [-0.4, -0.2) is 43.9 Å². The summed E-state index contributed by atoms with van der Waals surface area (Å²) in [4.78, 5) is 6.66. The predicted octanol–water partition coefficient (Wildman–Crippen LogP) is 5.34. The summed E-state index contributed by atoms with van der Waals surface area (Å²) < 4.78 is 40.4. The van der Waals surface area contributed by atoms with E-state index < -0.39 is 15.8 Å². The van der Waals surface area contributed by atoms with E-state index in [1.54, 1.807) is 6.07 Å². The van der Waals surface area contributed by atoms with Crippen LogP contribution in [-0.2, 0) is 16.4 Å². The third-order valence-electron chi connectivity index (χ3n) is 4.87. The van der Waals surface area contributed by atoms with E-state index in [4.69, 9.17) is 34.8 Å². The van der Waals surface area contributed by atoms with E-state index in [1.165, 1.54) is 21.7 Å². The average Bonchev–Trinajstić information content (AvgIpc) is 3.15. The highest BCUT2D eigenvalue weighted by molar-refractivity contribution is 7.89. The molecule has 5 nitrogen and oxygen atoms in total. The molecule has 2 heterocycles. The fourth-order valence-electron chi connectivity index (χ4n) is 3.39. The lowest BCUT2D eigenvalue weighted by Gasteiger charge is -2.33. The Morgan fingerprint density at radius 3 is 2.32 bits per heavy atom. The first-order valence-corrected chi connectivity index (χ1v) is 12.8. The normalized spacial score (nSPS) is 15.4. The maximum absolute atomic E-state index is 13.3. The molecule has 1 aliphatic heterocycles. The molecule has 1 fully saturated rings. The Morgan fingerprint density at radius 1 is 1.00 bits per heavy atom. The van der Waals surface area contributed by atoms with E-state index in [1.807, 2.05) is 17.5 Å². The predicted molar refractivity (Wildman–Crippen MR) is 124 cm³/mol. The lowest BCUT2D eigenvalue weighted by atomic mass is 10.1. The Bertz CT molecular complexity index is 1190. The first-order valence-electron chi connectivity index (χ1n) is 9.32. The summed E-state index contributed by atoms with van der Waals surface area (Å²) in [6, 6.07) is 8.71. The van der Waals surface area contributed by atoms with Gasteiger partial charge in [-0.1, -0.05) is 34.8 Å². The van der Waals surface area contributed by atoms with Gasteiger partial charge in [0.2, 0.25) is 10.0 Å². The minimum Gasteiger partial charge on any atom is -0.345 e. The van der Waals surface area contributed by atoms with Crippen molar-refractivity contribution in [2.24, 2.45) is 0 Å². The van der Waals surface area contributed by atoms with Gasteiger partial charge in [-0.05, 0) is 42.0 Å². The summed E-state index contributed by atoms with van der Waals surface area (Å²) in [7, 11) is -3.79. The fraction of sp³-hybridized carbons (Fsp3) is 0.250. The number of hydrogen-bond acceptors (Lipinski definition) is 5. The topological polar surface area (TPSA) is 53.5 Å². The van der Waals surface area contributed by atoms with Crippen molar-refractivity contribution >= 4 is 61.3 Å². The highest BCUT2D eigenvalue weighted by Gasteiger charge is 2.31. The second kappa shape index (κ2) is 9.21. The number of sulfonamides is 1. The van der Waals surface area contributed by atoms with Crippen LogP contribution >= 0.6 is 46.1 Å². The van der Waals surface area contributed by atoms with Crippen LogP contribution in [0, 0.1) is 5.82 Å². The summed E-state index contributed by atoms with van der Waals surface area (Å²) in [6.45, 7) is 1.56. The van der Waals surface area contributed by atoms with Crippen LogP contribution in [0.3, 0.4) is 0 Å². The molecule has 0 bridgehead atoms. The van der Waals surface area contributed by atoms with E-state index in [2.05, 4.69) is 9.88 Å². The molecular weight excluding hydrogens is 504 g/mol. The Labute approximate surface area is 199 Å². The second-order valence-electron chi connectivity index (χ2n) is 7.04. The van der Waals surface area contributed by atoms with Crippen molar-refractivity contribution in [3.05, 3.63) is 73.9 Å². The van der Waals surface area contributed by atoms with Crippen molar-refractivity contribution in [2.45, 2.75) is 11.3 Å². The Kier molecular flexibility index (Phi) is 6.76. The molecular formula is C20H17Cl3FN3O2S2. The van der Waals surface area contributed by atoms with E-state index in [0.29, 0.717) is 29.6 Å². The molecule has 0 spiro atoms. The lowest BCUT2D eigenvalue weighted by molar-refractivity contribution is 0.384. The van der Waals surface area contributed by atoms with Gasteiger partial charge in [0.1, 0.15) is 10.7 Å². The van der Waals surface area contributed by atoms with Gasteiger partial charge in [-0.2, -0.15) is 4.31 Å². The molecule has 1 aromatic heterocycles. The van der Waals surface area contributed by atoms with Gasteiger partial charge < -0.3 is 4.90 Å². The number of piperazine rings is 1. The number of halogens is 4. The Hall–Kier alpha value is -1.42. The Balaban J connectivity index is 1.42. The molecule has 164 valence electrons. The molecule has 0 saturated carbocycles. The molecule has 1 aliphatic rings. The van der Waals surface area contributed by atoms with Crippen LogP contribution in [0.4, 0.5) is 9.52 Å². The molecule has 0 atom stereocenters. The molecule has 0 amide bonds. The number of hydrogen-bond donors (Lipinski definition) is 0. The van der Waals surface area contributed by atoms with Crippen LogP contribution in [0.2, 0.25) is 15.1 Å². The maximum atomic E-state index is 13.3. The number of nitrogens with zero attached hydrogens (tertiary/aromatic N) is 3. The maximum Gasteiger partial charge on any atom is 0.244 e. The monoisotopic (exact) mass is 519 g/mol. The van der Waals surface area contributed by atoms with E-state index in [0.717, 1.165) is 28.5 Å². The zero-order valence-electron chi connectivity index (χ0n) is 16.1. The van der Waals surface area contributed by atoms with Crippen molar-refractivity contribution in [3.63, 3.8) is 0 Å². The van der Waals surface area contributed by atoms with E-state index >= 15 is 0 Å². The summed E-state index contributed by atoms with van der Waals surface area (Å²) in [6.07, 6.45) is 0.605. The summed E-state index contributed by atoms with van der Waals surface area (Å²) in [5.74, 6) is -0.576. The number of anilines is 1. The van der Waals surface area contributed by atoms with Gasteiger partial charge in [-0.3, -0.25) is 0 Å². The van der Waals surface area contributed by atoms with Crippen molar-refractivity contribution in [3.8, 4) is 0 Å². The van der Waals surface area contributed by atoms with Crippen LogP contribution in [0.5, 0.6) is 0 Å². The summed E-state index contributed by atoms with van der Waals surface area (Å²) >= 11 is 19.6. The van der Waals surface area contributed by atoms with Crippen molar-refractivity contribution in [1.29, 1.82) is 0 Å². The van der Waals surface area contributed by atoms with Crippen LogP contribution in [0.1, 0.15) is 11.3 Å². The summed E-state index contributed by atoms with van der Waals surface area (Å²) in [5.41, 5.74) is 1.87. The van der Waals surface area contributed by atoms with E-state index in [9.17, 15) is 12.8 Å². The minimum absolute atomic E-state index is 0.0827. The molecule has 0 aliphatic carbocycles. The highest BCUT2D eigenvalue weighted by Crippen LogP contribution is 2.29. The largest absolute Gasteiger partial charge is 0.345 e. The first-order chi connectivity index (χ1) is 14.7. The average molecular weight is 521 g/mol. The first kappa shape index (κ1) is 22.8. The number of aromatic nitrogens is 1. The van der Waals surface area contributed by atoms with E-state index in [-0.39, 0.29) is 23.0 Å². The molecule has 1 saturated heterocycles. The quantitative estimate of drug-likeness (QED) is 0.455. The second-order valence-corrected chi connectivity index (χ2v) is 11.1. The standard InChI is InChI=1S/C20H17Cl3FN3O2S2/c21-14-7-13(8-15(22)10-14)9-17-12-30-20(25-17)26-3-5-27(6-4-26)31(28,29)19-2-1-16(24)11-18(19)23/h1-2,7-8,10-12H,3-6,9H2. The molecule has 11 heteroatoms. The molecule has 3 aromatic rings. The van der Waals surface area contributed by atoms with Gasteiger partial charge in [0.15, 0.2) is 5.13 Å². The van der Waals surface area contributed by atoms with Gasteiger partial charge in [0, 0.05) is 48.0 Å². The molecule has 4 rings (SSSR count). The smallest absolute Gasteiger partial charge is 0.244 e. The molecule has 0 N–H and O–H groups in total. The third-order valence-corrected chi connectivity index (χ3v) is 8.64. The third kappa shape index (κ3) is 5.16. The van der Waals surface area contributed by atoms with Crippen molar-refractivity contribution < 1.29 is 12.8 Å².